The highest BCUT2D eigenvalue weighted by Crippen LogP contribution is 2.26. The average Bonchev–Trinajstić information content (AvgIpc) is 3.16. The third-order valence-electron chi connectivity index (χ3n) is 3.89. The monoisotopic (exact) mass is 320 g/mol. The van der Waals surface area contributed by atoms with Crippen molar-refractivity contribution < 1.29 is 0 Å². The van der Waals surface area contributed by atoms with Gasteiger partial charge in [-0.05, 0) is 54.5 Å². The lowest BCUT2D eigenvalue weighted by atomic mass is 10.1. The van der Waals surface area contributed by atoms with Gasteiger partial charge in [0.2, 0.25) is 0 Å². The molecule has 0 spiro atoms. The second kappa shape index (κ2) is 6.82. The lowest BCUT2D eigenvalue weighted by Gasteiger charge is -2.23. The smallest absolute Gasteiger partial charge is 0.0410 e. The van der Waals surface area contributed by atoms with Gasteiger partial charge in [-0.25, -0.2) is 0 Å². The van der Waals surface area contributed by atoms with Crippen LogP contribution in [0.2, 0.25) is 5.02 Å². The fourth-order valence-electron chi connectivity index (χ4n) is 2.46. The number of anilines is 1. The quantitative estimate of drug-likeness (QED) is 0.816. The van der Waals surface area contributed by atoms with Crippen molar-refractivity contribution in [2.45, 2.75) is 31.8 Å². The van der Waals surface area contributed by atoms with E-state index in [-0.39, 0.29) is 0 Å². The number of nitrogens with zero attached hydrogens (tertiary/aromatic N) is 1. The SMILES string of the molecule is CN(CCc1cccs1)c1ccc(Cl)cc1CNC1CC1. The molecule has 112 valence electrons. The van der Waals surface area contributed by atoms with E-state index in [0.717, 1.165) is 24.5 Å². The van der Waals surface area contributed by atoms with Gasteiger partial charge in [0, 0.05) is 41.8 Å². The van der Waals surface area contributed by atoms with Crippen LogP contribution in [-0.2, 0) is 13.0 Å². The maximum Gasteiger partial charge on any atom is 0.0410 e. The predicted octanol–water partition coefficient (Wildman–Crippen LogP) is 4.33. The number of benzene rings is 1. The molecule has 2 nitrogen and oxygen atoms in total. The summed E-state index contributed by atoms with van der Waals surface area (Å²) in [5, 5.41) is 6.54. The Hall–Kier alpha value is -1.03. The van der Waals surface area contributed by atoms with Gasteiger partial charge in [-0.2, -0.15) is 0 Å². The Morgan fingerprint density at radius 3 is 2.90 bits per heavy atom. The number of halogens is 1. The fourth-order valence-corrected chi connectivity index (χ4v) is 3.36. The molecule has 1 heterocycles. The summed E-state index contributed by atoms with van der Waals surface area (Å²) in [4.78, 5) is 3.77. The Balaban J connectivity index is 1.66. The van der Waals surface area contributed by atoms with Crippen molar-refractivity contribution in [1.82, 2.24) is 5.32 Å². The number of hydrogen-bond donors (Lipinski definition) is 1. The molecule has 0 aliphatic heterocycles. The molecule has 1 fully saturated rings. The molecule has 0 unspecified atom stereocenters. The predicted molar refractivity (Wildman–Crippen MR) is 92.6 cm³/mol. The molecule has 0 radical (unpaired) electrons. The van der Waals surface area contributed by atoms with Crippen LogP contribution in [0.3, 0.4) is 0 Å². The maximum absolute atomic E-state index is 6.17. The van der Waals surface area contributed by atoms with Crippen LogP contribution >= 0.6 is 22.9 Å². The van der Waals surface area contributed by atoms with E-state index in [1.807, 2.05) is 17.4 Å². The van der Waals surface area contributed by atoms with Crippen molar-refractivity contribution in [2.75, 3.05) is 18.5 Å². The highest BCUT2D eigenvalue weighted by Gasteiger charge is 2.20. The fraction of sp³-hybridized carbons (Fsp3) is 0.412. The van der Waals surface area contributed by atoms with Gasteiger partial charge in [-0.1, -0.05) is 17.7 Å². The zero-order valence-corrected chi connectivity index (χ0v) is 13.9. The highest BCUT2D eigenvalue weighted by atomic mass is 35.5. The van der Waals surface area contributed by atoms with E-state index in [2.05, 4.69) is 46.9 Å². The first-order chi connectivity index (χ1) is 10.2. The summed E-state index contributed by atoms with van der Waals surface area (Å²) in [5.74, 6) is 0. The van der Waals surface area contributed by atoms with E-state index in [1.165, 1.54) is 29.0 Å². The van der Waals surface area contributed by atoms with Crippen LogP contribution in [0.5, 0.6) is 0 Å². The molecule has 1 aliphatic carbocycles. The van der Waals surface area contributed by atoms with Gasteiger partial charge in [0.25, 0.3) is 0 Å². The molecular weight excluding hydrogens is 300 g/mol. The van der Waals surface area contributed by atoms with Gasteiger partial charge < -0.3 is 10.2 Å². The molecule has 0 bridgehead atoms. The second-order valence-electron chi connectivity index (χ2n) is 5.68. The van der Waals surface area contributed by atoms with Crippen LogP contribution in [0, 0.1) is 0 Å². The molecule has 1 aromatic heterocycles. The summed E-state index contributed by atoms with van der Waals surface area (Å²) in [6.07, 6.45) is 3.71. The zero-order chi connectivity index (χ0) is 14.7. The van der Waals surface area contributed by atoms with Crippen LogP contribution < -0.4 is 10.2 Å². The van der Waals surface area contributed by atoms with E-state index >= 15 is 0 Å². The van der Waals surface area contributed by atoms with Crippen molar-refractivity contribution >= 4 is 28.6 Å². The van der Waals surface area contributed by atoms with E-state index in [1.54, 1.807) is 0 Å². The van der Waals surface area contributed by atoms with E-state index in [4.69, 9.17) is 11.6 Å². The lowest BCUT2D eigenvalue weighted by molar-refractivity contribution is 0.685. The Kier molecular flexibility index (Phi) is 4.84. The topological polar surface area (TPSA) is 15.3 Å². The molecule has 0 saturated heterocycles. The molecule has 21 heavy (non-hydrogen) atoms. The van der Waals surface area contributed by atoms with Gasteiger partial charge in [-0.3, -0.25) is 0 Å². The largest absolute Gasteiger partial charge is 0.374 e. The molecule has 4 heteroatoms. The number of hydrogen-bond acceptors (Lipinski definition) is 3. The third-order valence-corrected chi connectivity index (χ3v) is 5.06. The van der Waals surface area contributed by atoms with E-state index in [0.29, 0.717) is 6.04 Å². The summed E-state index contributed by atoms with van der Waals surface area (Å²) in [6.45, 7) is 1.93. The van der Waals surface area contributed by atoms with Crippen molar-refractivity contribution in [3.05, 3.63) is 51.2 Å². The summed E-state index contributed by atoms with van der Waals surface area (Å²) in [6, 6.07) is 11.3. The second-order valence-corrected chi connectivity index (χ2v) is 7.15. The lowest BCUT2D eigenvalue weighted by Crippen LogP contribution is -2.23. The Morgan fingerprint density at radius 1 is 1.33 bits per heavy atom. The maximum atomic E-state index is 6.17. The van der Waals surface area contributed by atoms with Gasteiger partial charge >= 0.3 is 0 Å². The standard InChI is InChI=1S/C17H21ClN2S/c1-20(9-8-16-3-2-10-21-16)17-7-4-14(18)11-13(17)12-19-15-5-6-15/h2-4,7,10-11,15,19H,5-6,8-9,12H2,1H3. The first-order valence-corrected chi connectivity index (χ1v) is 8.73. The first-order valence-electron chi connectivity index (χ1n) is 7.48. The van der Waals surface area contributed by atoms with Crippen molar-refractivity contribution in [3.63, 3.8) is 0 Å². The van der Waals surface area contributed by atoms with Crippen molar-refractivity contribution in [1.29, 1.82) is 0 Å². The molecular formula is C17H21ClN2S. The van der Waals surface area contributed by atoms with Gasteiger partial charge in [0.15, 0.2) is 0 Å². The number of rotatable bonds is 7. The van der Waals surface area contributed by atoms with Gasteiger partial charge in [-0.15, -0.1) is 11.3 Å². The van der Waals surface area contributed by atoms with Crippen LogP contribution in [0.4, 0.5) is 5.69 Å². The number of likely N-dealkylation sites (N-methyl/N-ethyl adjacent to an activating group) is 1. The highest BCUT2D eigenvalue weighted by molar-refractivity contribution is 7.09. The minimum atomic E-state index is 0.716. The summed E-state index contributed by atoms with van der Waals surface area (Å²) < 4.78 is 0. The van der Waals surface area contributed by atoms with E-state index in [9.17, 15) is 0 Å². The zero-order valence-electron chi connectivity index (χ0n) is 12.3. The molecule has 1 saturated carbocycles. The summed E-state index contributed by atoms with van der Waals surface area (Å²) >= 11 is 8.00. The summed E-state index contributed by atoms with van der Waals surface area (Å²) in [5.41, 5.74) is 2.58. The molecule has 3 rings (SSSR count). The molecule has 0 amide bonds. The van der Waals surface area contributed by atoms with E-state index < -0.39 is 0 Å². The molecule has 1 aromatic carbocycles. The Labute approximate surface area is 135 Å². The minimum absolute atomic E-state index is 0.716. The normalized spacial score (nSPS) is 14.4. The van der Waals surface area contributed by atoms with Crippen LogP contribution in [0.1, 0.15) is 23.3 Å². The minimum Gasteiger partial charge on any atom is -0.374 e. The number of thiophene rings is 1. The van der Waals surface area contributed by atoms with Crippen LogP contribution in [0.15, 0.2) is 35.7 Å². The molecule has 1 N–H and O–H groups in total. The van der Waals surface area contributed by atoms with Crippen LogP contribution in [0.25, 0.3) is 0 Å². The van der Waals surface area contributed by atoms with Crippen molar-refractivity contribution in [3.8, 4) is 0 Å². The molecule has 2 aromatic rings. The van der Waals surface area contributed by atoms with Gasteiger partial charge in [0.1, 0.15) is 0 Å². The Morgan fingerprint density at radius 2 is 2.19 bits per heavy atom. The number of nitrogens with one attached hydrogen (secondary N) is 1. The van der Waals surface area contributed by atoms with Crippen LogP contribution in [-0.4, -0.2) is 19.6 Å². The third kappa shape index (κ3) is 4.22. The molecule has 0 atom stereocenters. The van der Waals surface area contributed by atoms with Crippen molar-refractivity contribution in [2.24, 2.45) is 0 Å². The average molecular weight is 321 g/mol. The summed E-state index contributed by atoms with van der Waals surface area (Å²) in [7, 11) is 2.16. The Bertz CT molecular complexity index is 578. The van der Waals surface area contributed by atoms with Gasteiger partial charge in [0.05, 0.1) is 0 Å². The first kappa shape index (κ1) is 14.9. The molecule has 1 aliphatic rings.